The Morgan fingerprint density at radius 3 is 1.00 bits per heavy atom. The average molecular weight is 598 g/mol. The number of unbranched alkanes of at least 4 members (excludes halogenated alkanes) is 4. The normalized spacial score (nSPS) is 14.6. The van der Waals surface area contributed by atoms with E-state index in [1.165, 1.54) is 0 Å². The molecule has 0 fully saturated rings. The fourth-order valence-electron chi connectivity index (χ4n) is 2.71. The Labute approximate surface area is 175 Å². The van der Waals surface area contributed by atoms with Crippen LogP contribution in [0.2, 0.25) is 0 Å². The van der Waals surface area contributed by atoms with Crippen LogP contribution in [-0.4, -0.2) is 47.7 Å². The van der Waals surface area contributed by atoms with Crippen LogP contribution in [0, 0.1) is 0 Å². The third-order valence-corrected chi connectivity index (χ3v) is 20.6. The van der Waals surface area contributed by atoms with Gasteiger partial charge >= 0.3 is 176 Å². The quantitative estimate of drug-likeness (QED) is 0.157. The Hall–Kier alpha value is 0.400. The van der Waals surface area contributed by atoms with Crippen molar-refractivity contribution in [2.24, 2.45) is 0 Å². The molecule has 0 saturated heterocycles. The van der Waals surface area contributed by atoms with E-state index in [0.717, 1.165) is 69.1 Å². The summed E-state index contributed by atoms with van der Waals surface area (Å²) in [7, 11) is 0. The zero-order valence-electron chi connectivity index (χ0n) is 17.1. The molecule has 0 spiro atoms. The molecule has 6 heteroatoms. The number of halogens is 2. The van der Waals surface area contributed by atoms with Crippen molar-refractivity contribution in [2.75, 3.05) is 17.7 Å². The van der Waals surface area contributed by atoms with Crippen LogP contribution in [0.15, 0.2) is 0 Å². The Bertz CT molecular complexity index is 338. The molecule has 0 aliphatic rings. The van der Waals surface area contributed by atoms with Crippen molar-refractivity contribution in [2.45, 2.75) is 86.9 Å². The van der Waals surface area contributed by atoms with Crippen LogP contribution in [0.5, 0.6) is 0 Å². The average Bonchev–Trinajstić information content (AvgIpc) is 2.60. The van der Waals surface area contributed by atoms with Gasteiger partial charge < -0.3 is 0 Å². The second-order valence-electron chi connectivity index (χ2n) is 6.65. The molecule has 0 amide bonds. The molecule has 0 aromatic carbocycles. The molecule has 158 valence electrons. The zero-order valence-corrected chi connectivity index (χ0v) is 21.4. The monoisotopic (exact) mass is 598 g/mol. The summed E-state index contributed by atoms with van der Waals surface area (Å²) < 4.78 is 2.96. The predicted molar refractivity (Wildman–Crippen MR) is 130 cm³/mol. The molecule has 0 aliphatic heterocycles. The summed E-state index contributed by atoms with van der Waals surface area (Å²) in [5.41, 5.74) is 0. The maximum atomic E-state index is 12.3. The van der Waals surface area contributed by atoms with E-state index in [1.807, 2.05) is 0 Å². The topological polar surface area (TPSA) is 74.6 Å². The third kappa shape index (κ3) is 10.1. The summed E-state index contributed by atoms with van der Waals surface area (Å²) in [5, 5.41) is 20.1. The fraction of sp³-hybridized carbons (Fsp3) is 0.900. The molecule has 4 nitrogen and oxygen atoms in total. The summed E-state index contributed by atoms with van der Waals surface area (Å²) in [5.74, 6) is -1.60. The van der Waals surface area contributed by atoms with Gasteiger partial charge in [-0.25, -0.2) is 0 Å². The Morgan fingerprint density at radius 2 is 0.846 bits per heavy atom. The summed E-state index contributed by atoms with van der Waals surface area (Å²) in [4.78, 5) is 24.5. The van der Waals surface area contributed by atoms with E-state index < -0.39 is 59.4 Å². The maximum absolute atomic E-state index is 12.3. The SMILES string of the molecule is CCCCI(CCCC)C(C(=O)O)C(C(=O)O)I(CCCC)CCCC. The summed E-state index contributed by atoms with van der Waals surface area (Å²) in [6.45, 7) is 8.55. The predicted octanol–water partition coefficient (Wildman–Crippen LogP) is 6.11. The standard InChI is InChI=1S/C20H40I2O4/c1-5-9-13-21(14-10-6-2)17(19(23)24)18(20(25)26)22(15-11-7-3)16-12-8-4/h17-18H,5-16H2,1-4H3,(H,23,24)(H,25,26). The molecule has 0 aromatic heterocycles. The van der Waals surface area contributed by atoms with Gasteiger partial charge in [0.05, 0.1) is 0 Å². The molecule has 0 saturated carbocycles. The molecule has 0 rings (SSSR count). The molecular formula is C20H40I2O4. The van der Waals surface area contributed by atoms with Gasteiger partial charge in [0.1, 0.15) is 0 Å². The van der Waals surface area contributed by atoms with Crippen molar-refractivity contribution in [3.05, 3.63) is 0 Å². The van der Waals surface area contributed by atoms with Gasteiger partial charge in [-0.2, -0.15) is 0 Å². The van der Waals surface area contributed by atoms with Crippen molar-refractivity contribution in [3.63, 3.8) is 0 Å². The van der Waals surface area contributed by atoms with Gasteiger partial charge in [-0.05, 0) is 0 Å². The van der Waals surface area contributed by atoms with Gasteiger partial charge in [-0.1, -0.05) is 0 Å². The third-order valence-electron chi connectivity index (χ3n) is 4.31. The first-order valence-corrected chi connectivity index (χ1v) is 18.7. The Morgan fingerprint density at radius 1 is 0.615 bits per heavy atom. The number of hydrogen-bond acceptors (Lipinski definition) is 2. The van der Waals surface area contributed by atoms with Gasteiger partial charge in [0, 0.05) is 0 Å². The van der Waals surface area contributed by atoms with E-state index in [2.05, 4.69) is 27.7 Å². The number of rotatable bonds is 17. The number of carboxylic acids is 2. The number of alkyl halides is 6. The van der Waals surface area contributed by atoms with Crippen molar-refractivity contribution in [3.8, 4) is 0 Å². The second-order valence-corrected chi connectivity index (χ2v) is 19.3. The fourth-order valence-corrected chi connectivity index (χ4v) is 22.5. The molecule has 2 atom stereocenters. The van der Waals surface area contributed by atoms with Gasteiger partial charge in [-0.15, -0.1) is 0 Å². The molecular weight excluding hydrogens is 558 g/mol. The Balaban J connectivity index is 5.65. The van der Waals surface area contributed by atoms with Crippen LogP contribution < -0.4 is 0 Å². The van der Waals surface area contributed by atoms with E-state index in [0.29, 0.717) is 0 Å². The summed E-state index contributed by atoms with van der Waals surface area (Å²) in [6, 6.07) is 0. The number of hydrogen-bond donors (Lipinski definition) is 2. The van der Waals surface area contributed by atoms with Crippen molar-refractivity contribution >= 4 is 51.6 Å². The number of aliphatic carboxylic acids is 2. The van der Waals surface area contributed by atoms with Crippen LogP contribution in [-0.2, 0) is 9.59 Å². The van der Waals surface area contributed by atoms with Crippen LogP contribution in [0.1, 0.15) is 79.1 Å². The summed E-state index contributed by atoms with van der Waals surface area (Å²) in [6.07, 6.45) is 8.50. The molecule has 0 heterocycles. The second kappa shape index (κ2) is 16.4. The Kier molecular flexibility index (Phi) is 16.6. The van der Waals surface area contributed by atoms with Crippen LogP contribution in [0.3, 0.4) is 0 Å². The van der Waals surface area contributed by atoms with Gasteiger partial charge in [0.15, 0.2) is 0 Å². The van der Waals surface area contributed by atoms with Crippen molar-refractivity contribution in [1.82, 2.24) is 0 Å². The van der Waals surface area contributed by atoms with Crippen LogP contribution in [0.4, 0.5) is 0 Å². The zero-order chi connectivity index (χ0) is 19.9. The van der Waals surface area contributed by atoms with Crippen LogP contribution in [0.25, 0.3) is 0 Å². The first-order chi connectivity index (χ1) is 12.4. The van der Waals surface area contributed by atoms with E-state index in [-0.39, 0.29) is 0 Å². The van der Waals surface area contributed by atoms with E-state index in [9.17, 15) is 19.8 Å². The minimum absolute atomic E-state index is 0.534. The van der Waals surface area contributed by atoms with Crippen molar-refractivity contribution < 1.29 is 19.8 Å². The number of carboxylic acid groups (broad SMARTS) is 2. The molecule has 2 N–H and O–H groups in total. The molecule has 0 bridgehead atoms. The summed E-state index contributed by atoms with van der Waals surface area (Å²) >= 11 is -3.66. The molecule has 0 aromatic rings. The molecule has 26 heavy (non-hydrogen) atoms. The van der Waals surface area contributed by atoms with E-state index in [1.54, 1.807) is 0 Å². The van der Waals surface area contributed by atoms with E-state index >= 15 is 0 Å². The van der Waals surface area contributed by atoms with Crippen LogP contribution >= 0.6 is 39.6 Å². The van der Waals surface area contributed by atoms with Gasteiger partial charge in [0.25, 0.3) is 0 Å². The molecule has 0 radical (unpaired) electrons. The first kappa shape index (κ1) is 26.4. The van der Waals surface area contributed by atoms with Gasteiger partial charge in [0.2, 0.25) is 0 Å². The van der Waals surface area contributed by atoms with Crippen molar-refractivity contribution in [1.29, 1.82) is 0 Å². The minimum atomic E-state index is -1.83. The number of carbonyl (C=O) groups is 2. The van der Waals surface area contributed by atoms with E-state index in [4.69, 9.17) is 0 Å². The first-order valence-electron chi connectivity index (χ1n) is 10.1. The molecule has 2 unspecified atom stereocenters. The van der Waals surface area contributed by atoms with Gasteiger partial charge in [-0.3, -0.25) is 0 Å². The molecule has 0 aliphatic carbocycles.